The summed E-state index contributed by atoms with van der Waals surface area (Å²) in [5, 5.41) is 2.73. The van der Waals surface area contributed by atoms with Crippen molar-refractivity contribution in [3.05, 3.63) is 42.0 Å². The fourth-order valence-electron chi connectivity index (χ4n) is 2.97. The molecule has 0 aliphatic heterocycles. The molecule has 0 atom stereocenters. The lowest BCUT2D eigenvalue weighted by Crippen LogP contribution is -1.79. The van der Waals surface area contributed by atoms with Crippen molar-refractivity contribution in [3.63, 3.8) is 0 Å². The first kappa shape index (κ1) is 12.9. The molecule has 0 saturated heterocycles. The first-order chi connectivity index (χ1) is 10.7. The minimum atomic E-state index is 0.935. The first-order valence-electron chi connectivity index (χ1n) is 7.06. The van der Waals surface area contributed by atoms with Gasteiger partial charge in [0.2, 0.25) is 0 Å². The Hall–Kier alpha value is -1.62. The molecule has 0 fully saturated rings. The zero-order valence-corrected chi connectivity index (χ0v) is 14.5. The third-order valence-corrected chi connectivity index (χ3v) is 8.08. The number of thiophene rings is 3. The number of methoxy groups -OCH3 is 1. The van der Waals surface area contributed by atoms with Gasteiger partial charge < -0.3 is 4.74 Å². The maximum absolute atomic E-state index is 5.39. The molecule has 0 bridgehead atoms. The molecule has 0 aliphatic rings. The van der Waals surface area contributed by atoms with Gasteiger partial charge in [-0.3, -0.25) is 0 Å². The van der Waals surface area contributed by atoms with Gasteiger partial charge in [-0.15, -0.1) is 34.0 Å². The van der Waals surface area contributed by atoms with E-state index in [1.807, 2.05) is 40.1 Å². The van der Waals surface area contributed by atoms with Crippen molar-refractivity contribution >= 4 is 73.0 Å². The maximum atomic E-state index is 5.39. The average Bonchev–Trinajstić information content (AvgIpc) is 3.15. The van der Waals surface area contributed by atoms with Crippen LogP contribution in [0.25, 0.3) is 39.0 Å². The summed E-state index contributed by atoms with van der Waals surface area (Å²) in [5.41, 5.74) is 1.33. The van der Waals surface area contributed by atoms with Crippen molar-refractivity contribution in [2.75, 3.05) is 7.11 Å². The van der Waals surface area contributed by atoms with Crippen molar-refractivity contribution in [1.29, 1.82) is 0 Å². The van der Waals surface area contributed by atoms with Gasteiger partial charge in [-0.25, -0.2) is 0 Å². The van der Waals surface area contributed by atoms with Gasteiger partial charge in [0.1, 0.15) is 5.75 Å². The highest BCUT2D eigenvalue weighted by Crippen LogP contribution is 2.50. The van der Waals surface area contributed by atoms with E-state index in [0.29, 0.717) is 0 Å². The summed E-state index contributed by atoms with van der Waals surface area (Å²) in [6.07, 6.45) is 0. The van der Waals surface area contributed by atoms with Gasteiger partial charge >= 0.3 is 0 Å². The Morgan fingerprint density at radius 1 is 0.727 bits per heavy atom. The van der Waals surface area contributed by atoms with Gasteiger partial charge in [0.15, 0.2) is 0 Å². The second-order valence-electron chi connectivity index (χ2n) is 5.48. The van der Waals surface area contributed by atoms with Crippen LogP contribution in [0.5, 0.6) is 5.75 Å². The van der Waals surface area contributed by atoms with E-state index < -0.39 is 0 Å². The number of ether oxygens (including phenoxy) is 1. The third kappa shape index (κ3) is 1.63. The second-order valence-corrected chi connectivity index (χ2v) is 8.61. The zero-order chi connectivity index (χ0) is 14.8. The third-order valence-electron chi connectivity index (χ3n) is 4.06. The Balaban J connectivity index is 1.96. The van der Waals surface area contributed by atoms with E-state index in [9.17, 15) is 0 Å². The predicted octanol–water partition coefficient (Wildman–Crippen LogP) is 6.80. The minimum Gasteiger partial charge on any atom is -0.497 e. The van der Waals surface area contributed by atoms with Crippen LogP contribution in [0.15, 0.2) is 36.4 Å². The normalized spacial score (nSPS) is 12.1. The van der Waals surface area contributed by atoms with Crippen LogP contribution in [0, 0.1) is 6.92 Å². The van der Waals surface area contributed by atoms with E-state index >= 15 is 0 Å². The summed E-state index contributed by atoms with van der Waals surface area (Å²) in [5.74, 6) is 0.935. The van der Waals surface area contributed by atoms with Crippen LogP contribution in [-0.4, -0.2) is 7.11 Å². The molecule has 22 heavy (non-hydrogen) atoms. The molecular weight excluding hydrogens is 328 g/mol. The summed E-state index contributed by atoms with van der Waals surface area (Å²) in [7, 11) is 1.73. The lowest BCUT2D eigenvalue weighted by Gasteiger charge is -1.98. The van der Waals surface area contributed by atoms with Gasteiger partial charge in [-0.2, -0.15) is 0 Å². The summed E-state index contributed by atoms with van der Waals surface area (Å²) in [6.45, 7) is 2.17. The Kier molecular flexibility index (Phi) is 2.60. The van der Waals surface area contributed by atoms with Crippen molar-refractivity contribution in [2.45, 2.75) is 6.92 Å². The molecule has 0 radical (unpaired) electrons. The monoisotopic (exact) mass is 340 g/mol. The van der Waals surface area contributed by atoms with Crippen LogP contribution >= 0.6 is 34.0 Å². The Bertz CT molecular complexity index is 1170. The van der Waals surface area contributed by atoms with E-state index in [1.165, 1.54) is 44.5 Å². The van der Waals surface area contributed by atoms with Crippen molar-refractivity contribution < 1.29 is 4.74 Å². The first-order valence-corrected chi connectivity index (χ1v) is 9.51. The predicted molar refractivity (Wildman–Crippen MR) is 101 cm³/mol. The molecule has 0 unspecified atom stereocenters. The second kappa shape index (κ2) is 4.44. The van der Waals surface area contributed by atoms with E-state index in [4.69, 9.17) is 4.74 Å². The summed E-state index contributed by atoms with van der Waals surface area (Å²) < 4.78 is 13.9. The summed E-state index contributed by atoms with van der Waals surface area (Å²) in [6, 6.07) is 13.2. The van der Waals surface area contributed by atoms with E-state index in [-0.39, 0.29) is 0 Å². The topological polar surface area (TPSA) is 9.23 Å². The Labute approximate surface area is 139 Å². The minimum absolute atomic E-state index is 0.935. The highest BCUT2D eigenvalue weighted by Gasteiger charge is 2.16. The Morgan fingerprint density at radius 3 is 2.05 bits per heavy atom. The number of rotatable bonds is 1. The van der Waals surface area contributed by atoms with Crippen LogP contribution in [0.4, 0.5) is 0 Å². The molecule has 0 aliphatic carbocycles. The van der Waals surface area contributed by atoms with Crippen molar-refractivity contribution in [2.24, 2.45) is 0 Å². The molecule has 3 aromatic heterocycles. The maximum Gasteiger partial charge on any atom is 0.119 e. The highest BCUT2D eigenvalue weighted by atomic mass is 32.1. The van der Waals surface area contributed by atoms with Crippen LogP contribution in [0.1, 0.15) is 5.56 Å². The van der Waals surface area contributed by atoms with Gasteiger partial charge in [-0.1, -0.05) is 11.6 Å². The van der Waals surface area contributed by atoms with Crippen LogP contribution in [0.2, 0.25) is 0 Å². The number of hydrogen-bond acceptors (Lipinski definition) is 4. The Morgan fingerprint density at radius 2 is 1.36 bits per heavy atom. The molecule has 0 N–H and O–H groups in total. The number of aryl methyl sites for hydroxylation is 1. The molecule has 3 heterocycles. The van der Waals surface area contributed by atoms with Gasteiger partial charge in [0.05, 0.1) is 25.9 Å². The standard InChI is InChI=1S/C18H12OS3/c1-9-3-5-13-11(7-9)15-17(20-13)18-16(22-15)12-8-10(19-2)4-6-14(12)21-18/h3-8H,1-2H3. The number of hydrogen-bond donors (Lipinski definition) is 0. The fourth-order valence-corrected chi connectivity index (χ4v) is 7.18. The molecule has 5 aromatic rings. The molecule has 4 heteroatoms. The largest absolute Gasteiger partial charge is 0.497 e. The number of benzene rings is 2. The molecule has 2 aromatic carbocycles. The average molecular weight is 340 g/mol. The molecule has 0 spiro atoms. The fraction of sp³-hybridized carbons (Fsp3) is 0.111. The lowest BCUT2D eigenvalue weighted by molar-refractivity contribution is 0.415. The van der Waals surface area contributed by atoms with Crippen molar-refractivity contribution in [1.82, 2.24) is 0 Å². The summed E-state index contributed by atoms with van der Waals surface area (Å²) in [4.78, 5) is 0. The SMILES string of the molecule is COc1ccc2sc3c(sc4c5cc(C)ccc5sc43)c2c1. The smallest absolute Gasteiger partial charge is 0.119 e. The lowest BCUT2D eigenvalue weighted by atomic mass is 10.2. The molecular formula is C18H12OS3. The summed E-state index contributed by atoms with van der Waals surface area (Å²) >= 11 is 5.75. The van der Waals surface area contributed by atoms with Crippen LogP contribution in [-0.2, 0) is 0 Å². The highest BCUT2D eigenvalue weighted by molar-refractivity contribution is 7.43. The van der Waals surface area contributed by atoms with Crippen LogP contribution in [0.3, 0.4) is 0 Å². The molecule has 0 amide bonds. The van der Waals surface area contributed by atoms with Gasteiger partial charge in [0.25, 0.3) is 0 Å². The van der Waals surface area contributed by atoms with E-state index in [2.05, 4.69) is 37.3 Å². The molecule has 5 rings (SSSR count). The van der Waals surface area contributed by atoms with Gasteiger partial charge in [0, 0.05) is 20.2 Å². The van der Waals surface area contributed by atoms with Gasteiger partial charge in [-0.05, 0) is 37.3 Å². The molecule has 108 valence electrons. The molecule has 1 nitrogen and oxygen atoms in total. The van der Waals surface area contributed by atoms with E-state index in [1.54, 1.807) is 7.11 Å². The number of fused-ring (bicyclic) bond motifs is 7. The quantitative estimate of drug-likeness (QED) is 0.326. The zero-order valence-electron chi connectivity index (χ0n) is 12.1. The van der Waals surface area contributed by atoms with Crippen LogP contribution < -0.4 is 4.74 Å². The van der Waals surface area contributed by atoms with E-state index in [0.717, 1.165) is 5.75 Å². The van der Waals surface area contributed by atoms with Crippen molar-refractivity contribution in [3.8, 4) is 5.75 Å². The molecule has 0 saturated carbocycles.